The number of nitrogens with zero attached hydrogens (tertiary/aromatic N) is 2. The Morgan fingerprint density at radius 1 is 0.897 bits per heavy atom. The monoisotopic (exact) mass is 548 g/mol. The molecule has 0 bridgehead atoms. The van der Waals surface area contributed by atoms with E-state index in [-0.39, 0.29) is 12.2 Å². The number of hydrogen-bond acceptors (Lipinski definition) is 10. The van der Waals surface area contributed by atoms with Crippen LogP contribution in [0.2, 0.25) is 0 Å². The summed E-state index contributed by atoms with van der Waals surface area (Å²) in [6.45, 7) is 7.00. The van der Waals surface area contributed by atoms with E-state index in [1.807, 2.05) is 6.07 Å². The molecule has 2 aliphatic heterocycles. The van der Waals surface area contributed by atoms with E-state index < -0.39 is 23.9 Å². The first-order valence-corrected chi connectivity index (χ1v) is 12.1. The van der Waals surface area contributed by atoms with E-state index in [0.29, 0.717) is 11.9 Å². The molecule has 0 fully saturated rings. The number of ether oxygens (including phenoxy) is 2. The number of nitrogens with one attached hydrogen (secondary N) is 2. The van der Waals surface area contributed by atoms with Gasteiger partial charge in [0.15, 0.2) is 11.5 Å². The van der Waals surface area contributed by atoms with Crippen LogP contribution in [0.4, 0.5) is 5.95 Å². The molecular formula is C25H32N4O10. The number of hydrogen-bond donors (Lipinski definition) is 6. The van der Waals surface area contributed by atoms with E-state index >= 15 is 0 Å². The number of benzene rings is 1. The lowest BCUT2D eigenvalue weighted by Gasteiger charge is -2.27. The fraction of sp³-hybridized carbons (Fsp3) is 0.440. The molecule has 1 aromatic carbocycles. The molecule has 14 nitrogen and oxygen atoms in total. The van der Waals surface area contributed by atoms with Crippen molar-refractivity contribution in [2.75, 3.05) is 25.0 Å². The second-order valence-electron chi connectivity index (χ2n) is 8.64. The highest BCUT2D eigenvalue weighted by Gasteiger charge is 2.33. The van der Waals surface area contributed by atoms with Gasteiger partial charge in [-0.05, 0) is 44.4 Å². The van der Waals surface area contributed by atoms with Crippen molar-refractivity contribution < 1.29 is 49.1 Å². The Balaban J connectivity index is 0.000000374. The minimum atomic E-state index is -1.82. The van der Waals surface area contributed by atoms with E-state index in [1.54, 1.807) is 12.4 Å². The third-order valence-electron chi connectivity index (χ3n) is 5.86. The summed E-state index contributed by atoms with van der Waals surface area (Å²) < 4.78 is 12.4. The molecule has 0 radical (unpaired) electrons. The first-order valence-electron chi connectivity index (χ1n) is 12.1. The molecule has 2 aromatic rings. The number of fused-ring (bicyclic) bond motifs is 3. The van der Waals surface area contributed by atoms with Crippen molar-refractivity contribution in [3.63, 3.8) is 0 Å². The van der Waals surface area contributed by atoms with Crippen LogP contribution in [0.15, 0.2) is 30.6 Å². The van der Waals surface area contributed by atoms with Crippen molar-refractivity contribution in [3.05, 3.63) is 41.7 Å². The van der Waals surface area contributed by atoms with Gasteiger partial charge in [0.25, 0.3) is 0 Å². The lowest BCUT2D eigenvalue weighted by molar-refractivity contribution is -0.159. The number of aromatic nitrogens is 2. The van der Waals surface area contributed by atoms with E-state index in [4.69, 9.17) is 49.1 Å². The molecule has 0 saturated carbocycles. The summed E-state index contributed by atoms with van der Waals surface area (Å²) >= 11 is 0. The van der Waals surface area contributed by atoms with Crippen LogP contribution < -0.4 is 20.1 Å². The number of carboxylic acid groups (broad SMARTS) is 4. The minimum Gasteiger partial charge on any atom is -0.486 e. The van der Waals surface area contributed by atoms with Gasteiger partial charge >= 0.3 is 23.9 Å². The summed E-state index contributed by atoms with van der Waals surface area (Å²) in [4.78, 5) is 44.7. The summed E-state index contributed by atoms with van der Waals surface area (Å²) in [7, 11) is 0. The fourth-order valence-electron chi connectivity index (χ4n) is 3.72. The smallest absolute Gasteiger partial charge is 0.414 e. The van der Waals surface area contributed by atoms with Gasteiger partial charge in [-0.3, -0.25) is 0 Å². The van der Waals surface area contributed by atoms with Crippen molar-refractivity contribution >= 4 is 29.8 Å². The third kappa shape index (κ3) is 9.74. The highest BCUT2D eigenvalue weighted by molar-refractivity contribution is 6.27. The Hall–Kier alpha value is -4.46. The van der Waals surface area contributed by atoms with Crippen LogP contribution in [0.25, 0.3) is 0 Å². The summed E-state index contributed by atoms with van der Waals surface area (Å²) in [5.74, 6) is -4.24. The SMILES string of the molecule is CC1Oc2c(ccc3c2OC(CNCCCNc2ncccn2)CC3)C1C.O=C(O)C(=O)O.O=C(O)C(=O)O. The number of anilines is 1. The molecule has 3 atom stereocenters. The van der Waals surface area contributed by atoms with Gasteiger partial charge in [-0.25, -0.2) is 29.1 Å². The van der Waals surface area contributed by atoms with E-state index in [9.17, 15) is 0 Å². The molecule has 3 heterocycles. The van der Waals surface area contributed by atoms with Crippen LogP contribution in [0.5, 0.6) is 11.5 Å². The average Bonchev–Trinajstić information content (AvgIpc) is 3.21. The van der Waals surface area contributed by atoms with Gasteiger partial charge in [-0.2, -0.15) is 0 Å². The highest BCUT2D eigenvalue weighted by atomic mass is 16.5. The number of aryl methyl sites for hydroxylation is 1. The fourth-order valence-corrected chi connectivity index (χ4v) is 3.72. The predicted octanol–water partition coefficient (Wildman–Crippen LogP) is 1.46. The molecule has 14 heteroatoms. The molecule has 0 aliphatic carbocycles. The van der Waals surface area contributed by atoms with Gasteiger partial charge in [0.05, 0.1) is 0 Å². The van der Waals surface area contributed by atoms with Gasteiger partial charge in [0, 0.05) is 37.0 Å². The number of carbonyl (C=O) groups is 4. The molecule has 1 aromatic heterocycles. The standard InChI is InChI=1S/C21H28N4O2.2C2H2O4/c1-14-15(2)26-20-18(14)8-6-16-5-7-17(27-19(16)20)13-22-9-3-10-23-21-24-11-4-12-25-21;2*3-1(4)2(5)6/h4,6,8,11-12,14-15,17,22H,3,5,7,9-10,13H2,1-2H3,(H,23,24,25);2*(H,3,4)(H,5,6). The first kappa shape index (κ1) is 30.8. The maximum atomic E-state index is 9.10. The predicted molar refractivity (Wildman–Crippen MR) is 136 cm³/mol. The van der Waals surface area contributed by atoms with Crippen LogP contribution in [0.3, 0.4) is 0 Å². The second-order valence-corrected chi connectivity index (χ2v) is 8.64. The molecule has 6 N–H and O–H groups in total. The zero-order chi connectivity index (χ0) is 28.9. The maximum Gasteiger partial charge on any atom is 0.414 e. The second kappa shape index (κ2) is 15.1. The topological polar surface area (TPSA) is 217 Å². The maximum absolute atomic E-state index is 9.10. The van der Waals surface area contributed by atoms with Crippen molar-refractivity contribution in [2.24, 2.45) is 0 Å². The van der Waals surface area contributed by atoms with Gasteiger partial charge in [0.1, 0.15) is 12.2 Å². The molecule has 0 amide bonds. The van der Waals surface area contributed by atoms with Crippen LogP contribution in [0.1, 0.15) is 43.7 Å². The Morgan fingerprint density at radius 3 is 2.10 bits per heavy atom. The average molecular weight is 549 g/mol. The summed E-state index contributed by atoms with van der Waals surface area (Å²) in [6, 6.07) is 6.25. The molecule has 0 spiro atoms. The molecule has 2 aliphatic rings. The Morgan fingerprint density at radius 2 is 1.51 bits per heavy atom. The molecule has 4 rings (SSSR count). The summed E-state index contributed by atoms with van der Waals surface area (Å²) in [6.07, 6.45) is 7.00. The van der Waals surface area contributed by atoms with Gasteiger partial charge < -0.3 is 40.5 Å². The molecule has 3 unspecified atom stereocenters. The van der Waals surface area contributed by atoms with E-state index in [0.717, 1.165) is 50.4 Å². The van der Waals surface area contributed by atoms with Crippen LogP contribution >= 0.6 is 0 Å². The first-order chi connectivity index (χ1) is 18.5. The van der Waals surface area contributed by atoms with Gasteiger partial charge in [-0.1, -0.05) is 19.1 Å². The third-order valence-corrected chi connectivity index (χ3v) is 5.86. The lowest BCUT2D eigenvalue weighted by atomic mass is 9.94. The van der Waals surface area contributed by atoms with Crippen LogP contribution in [-0.4, -0.2) is 86.1 Å². The Kier molecular flexibility index (Phi) is 11.9. The summed E-state index contributed by atoms with van der Waals surface area (Å²) in [5.41, 5.74) is 2.56. The Bertz CT molecular complexity index is 1100. The Labute approximate surface area is 224 Å². The quantitative estimate of drug-likeness (QED) is 0.213. The highest BCUT2D eigenvalue weighted by Crippen LogP contribution is 2.47. The van der Waals surface area contributed by atoms with Crippen molar-refractivity contribution in [1.29, 1.82) is 0 Å². The number of carboxylic acids is 4. The summed E-state index contributed by atoms with van der Waals surface area (Å²) in [5, 5.41) is 36.3. The van der Waals surface area contributed by atoms with Crippen LogP contribution in [-0.2, 0) is 25.6 Å². The van der Waals surface area contributed by atoms with Crippen LogP contribution in [0, 0.1) is 0 Å². The lowest BCUT2D eigenvalue weighted by Crippen LogP contribution is -2.35. The van der Waals surface area contributed by atoms with E-state index in [2.05, 4.69) is 46.6 Å². The molecular weight excluding hydrogens is 516 g/mol. The van der Waals surface area contributed by atoms with E-state index in [1.165, 1.54) is 11.1 Å². The van der Waals surface area contributed by atoms with Gasteiger partial charge in [-0.15, -0.1) is 0 Å². The van der Waals surface area contributed by atoms with Crippen molar-refractivity contribution in [1.82, 2.24) is 15.3 Å². The normalized spacial score (nSPS) is 18.3. The zero-order valence-electron chi connectivity index (χ0n) is 21.5. The number of aliphatic carboxylic acids is 4. The zero-order valence-corrected chi connectivity index (χ0v) is 21.5. The molecule has 39 heavy (non-hydrogen) atoms. The molecule has 0 saturated heterocycles. The number of rotatable bonds is 7. The van der Waals surface area contributed by atoms with Gasteiger partial charge in [0.2, 0.25) is 5.95 Å². The van der Waals surface area contributed by atoms with Crippen molar-refractivity contribution in [2.45, 2.75) is 51.2 Å². The van der Waals surface area contributed by atoms with Crippen molar-refractivity contribution in [3.8, 4) is 11.5 Å². The minimum absolute atomic E-state index is 0.198. The molecule has 212 valence electrons. The largest absolute Gasteiger partial charge is 0.486 e.